The van der Waals surface area contributed by atoms with E-state index in [-0.39, 0.29) is 31.4 Å². The lowest BCUT2D eigenvalue weighted by Crippen LogP contribution is -2.47. The Bertz CT molecular complexity index is 1020. The summed E-state index contributed by atoms with van der Waals surface area (Å²) in [5.74, 6) is -2.37. The molecular weight excluding hydrogens is 438 g/mol. The van der Waals surface area contributed by atoms with E-state index < -0.39 is 36.5 Å². The molecule has 9 nitrogen and oxygen atoms in total. The molecule has 9 heteroatoms. The molecule has 34 heavy (non-hydrogen) atoms. The molecule has 0 aliphatic heterocycles. The van der Waals surface area contributed by atoms with Crippen LogP contribution in [0.25, 0.3) is 11.1 Å². The Hall–Kier alpha value is -3.88. The summed E-state index contributed by atoms with van der Waals surface area (Å²) >= 11 is 0. The van der Waals surface area contributed by atoms with Crippen molar-refractivity contribution >= 4 is 23.9 Å². The highest BCUT2D eigenvalue weighted by Crippen LogP contribution is 2.44. The summed E-state index contributed by atoms with van der Waals surface area (Å²) in [6.45, 7) is 3.04. The first-order valence-corrected chi connectivity index (χ1v) is 11.1. The number of carboxylic acids is 1. The number of carbonyl (C=O) groups is 4. The quantitative estimate of drug-likeness (QED) is 0.424. The van der Waals surface area contributed by atoms with Crippen molar-refractivity contribution < 1.29 is 29.0 Å². The van der Waals surface area contributed by atoms with Gasteiger partial charge in [-0.25, -0.2) is 9.59 Å². The molecule has 1 atom stereocenters. The smallest absolute Gasteiger partial charge is 0.407 e. The first-order chi connectivity index (χ1) is 16.3. The van der Waals surface area contributed by atoms with Crippen molar-refractivity contribution in [3.63, 3.8) is 0 Å². The number of rotatable bonds is 10. The molecule has 0 fully saturated rings. The number of hydrogen-bond donors (Lipinski definition) is 4. The van der Waals surface area contributed by atoms with Crippen molar-refractivity contribution in [2.75, 3.05) is 19.7 Å². The average Bonchev–Trinajstić information content (AvgIpc) is 3.13. The molecule has 1 unspecified atom stereocenters. The van der Waals surface area contributed by atoms with E-state index in [0.29, 0.717) is 0 Å². The van der Waals surface area contributed by atoms with E-state index in [1.165, 1.54) is 0 Å². The number of alkyl carbamates (subject to hydrolysis) is 1. The third kappa shape index (κ3) is 6.34. The molecule has 3 rings (SSSR count). The highest BCUT2D eigenvalue weighted by molar-refractivity contribution is 5.89. The van der Waals surface area contributed by atoms with E-state index in [1.54, 1.807) is 0 Å². The predicted octanol–water partition coefficient (Wildman–Crippen LogP) is 2.26. The van der Waals surface area contributed by atoms with Crippen LogP contribution in [0.15, 0.2) is 48.5 Å². The standard InChI is InChI=1S/C25H29N3O6/c1-15(2)11-21(24(31)32)28-23(30)13-26-22(29)12-27-25(33)34-14-20-18-9-5-3-7-16(18)17-8-4-6-10-19(17)20/h3-10,15,20-21H,11-14H2,1-2H3,(H,26,29)(H,27,33)(H,28,30)(H,31,32). The number of fused-ring (bicyclic) bond motifs is 3. The second-order valence-corrected chi connectivity index (χ2v) is 8.54. The SMILES string of the molecule is CC(C)CC(NC(=O)CNC(=O)CNC(=O)OCC1c2ccccc2-c2ccccc21)C(=O)O. The number of aliphatic carboxylic acids is 1. The zero-order valence-corrected chi connectivity index (χ0v) is 19.2. The first-order valence-electron chi connectivity index (χ1n) is 11.1. The third-order valence-electron chi connectivity index (χ3n) is 5.52. The van der Waals surface area contributed by atoms with Gasteiger partial charge in [-0.05, 0) is 34.6 Å². The van der Waals surface area contributed by atoms with Crippen LogP contribution in [0.3, 0.4) is 0 Å². The highest BCUT2D eigenvalue weighted by Gasteiger charge is 2.29. The summed E-state index contributed by atoms with van der Waals surface area (Å²) in [4.78, 5) is 47.2. The molecule has 4 N–H and O–H groups in total. The molecule has 0 aromatic heterocycles. The van der Waals surface area contributed by atoms with Gasteiger partial charge < -0.3 is 25.8 Å². The second-order valence-electron chi connectivity index (χ2n) is 8.54. The molecule has 0 saturated carbocycles. The Balaban J connectivity index is 1.42. The Morgan fingerprint density at radius 2 is 1.44 bits per heavy atom. The molecule has 0 bridgehead atoms. The molecule has 1 aliphatic rings. The highest BCUT2D eigenvalue weighted by atomic mass is 16.5. The van der Waals surface area contributed by atoms with E-state index in [9.17, 15) is 19.2 Å². The Labute approximate surface area is 197 Å². The van der Waals surface area contributed by atoms with Gasteiger partial charge in [-0.1, -0.05) is 62.4 Å². The summed E-state index contributed by atoms with van der Waals surface area (Å²) < 4.78 is 5.36. The number of amides is 3. The van der Waals surface area contributed by atoms with E-state index in [4.69, 9.17) is 9.84 Å². The van der Waals surface area contributed by atoms with Gasteiger partial charge in [0.15, 0.2) is 0 Å². The third-order valence-corrected chi connectivity index (χ3v) is 5.52. The van der Waals surface area contributed by atoms with Crippen LogP contribution in [0.5, 0.6) is 0 Å². The summed E-state index contributed by atoms with van der Waals surface area (Å²) in [5, 5.41) is 16.2. The molecule has 2 aromatic rings. The fourth-order valence-electron chi connectivity index (χ4n) is 3.98. The van der Waals surface area contributed by atoms with Gasteiger partial charge in [0, 0.05) is 5.92 Å². The van der Waals surface area contributed by atoms with Gasteiger partial charge in [0.1, 0.15) is 19.2 Å². The number of nitrogens with one attached hydrogen (secondary N) is 3. The van der Waals surface area contributed by atoms with Crippen LogP contribution in [0, 0.1) is 5.92 Å². The van der Waals surface area contributed by atoms with E-state index in [2.05, 4.69) is 16.0 Å². The molecule has 2 aromatic carbocycles. The van der Waals surface area contributed by atoms with Crippen molar-refractivity contribution in [2.45, 2.75) is 32.2 Å². The lowest BCUT2D eigenvalue weighted by Gasteiger charge is -2.16. The maximum atomic E-state index is 12.1. The van der Waals surface area contributed by atoms with E-state index >= 15 is 0 Å². The predicted molar refractivity (Wildman–Crippen MR) is 125 cm³/mol. The van der Waals surface area contributed by atoms with Crippen LogP contribution in [0.1, 0.15) is 37.3 Å². The summed E-state index contributed by atoms with van der Waals surface area (Å²) in [7, 11) is 0. The van der Waals surface area contributed by atoms with Gasteiger partial charge in [-0.15, -0.1) is 0 Å². The fourth-order valence-corrected chi connectivity index (χ4v) is 3.98. The van der Waals surface area contributed by atoms with Gasteiger partial charge in [0.25, 0.3) is 0 Å². The minimum atomic E-state index is -1.13. The summed E-state index contributed by atoms with van der Waals surface area (Å²) in [6.07, 6.45) is -0.470. The monoisotopic (exact) mass is 467 g/mol. The topological polar surface area (TPSA) is 134 Å². The molecule has 0 saturated heterocycles. The van der Waals surface area contributed by atoms with Gasteiger partial charge in [-0.3, -0.25) is 9.59 Å². The minimum Gasteiger partial charge on any atom is -0.480 e. The molecule has 0 spiro atoms. The normalized spacial score (nSPS) is 12.9. The Morgan fingerprint density at radius 1 is 0.882 bits per heavy atom. The summed E-state index contributed by atoms with van der Waals surface area (Å²) in [5.41, 5.74) is 4.39. The molecule has 180 valence electrons. The summed E-state index contributed by atoms with van der Waals surface area (Å²) in [6, 6.07) is 14.9. The van der Waals surface area contributed by atoms with Crippen molar-refractivity contribution in [2.24, 2.45) is 5.92 Å². The zero-order valence-electron chi connectivity index (χ0n) is 19.2. The molecule has 0 radical (unpaired) electrons. The van der Waals surface area contributed by atoms with Crippen LogP contribution in [0.4, 0.5) is 4.79 Å². The number of benzene rings is 2. The lowest BCUT2D eigenvalue weighted by molar-refractivity contribution is -0.142. The van der Waals surface area contributed by atoms with Gasteiger partial charge >= 0.3 is 12.1 Å². The fraction of sp³-hybridized carbons (Fsp3) is 0.360. The molecule has 0 heterocycles. The molecule has 3 amide bonds. The Morgan fingerprint density at radius 3 is 2.00 bits per heavy atom. The van der Waals surface area contributed by atoms with Crippen LogP contribution in [0.2, 0.25) is 0 Å². The molecular formula is C25H29N3O6. The maximum absolute atomic E-state index is 12.1. The zero-order chi connectivity index (χ0) is 24.7. The lowest BCUT2D eigenvalue weighted by atomic mass is 9.98. The first kappa shape index (κ1) is 24.8. The minimum absolute atomic E-state index is 0.0809. The van der Waals surface area contributed by atoms with Crippen molar-refractivity contribution in [3.8, 4) is 11.1 Å². The largest absolute Gasteiger partial charge is 0.480 e. The van der Waals surface area contributed by atoms with Crippen LogP contribution >= 0.6 is 0 Å². The maximum Gasteiger partial charge on any atom is 0.407 e. The number of carboxylic acid groups (broad SMARTS) is 1. The van der Waals surface area contributed by atoms with Gasteiger partial charge in [-0.2, -0.15) is 0 Å². The number of hydrogen-bond acceptors (Lipinski definition) is 5. The van der Waals surface area contributed by atoms with Gasteiger partial charge in [0.2, 0.25) is 11.8 Å². The van der Waals surface area contributed by atoms with Crippen molar-refractivity contribution in [3.05, 3.63) is 59.7 Å². The average molecular weight is 468 g/mol. The van der Waals surface area contributed by atoms with Crippen molar-refractivity contribution in [1.29, 1.82) is 0 Å². The van der Waals surface area contributed by atoms with E-state index in [1.807, 2.05) is 62.4 Å². The van der Waals surface area contributed by atoms with Crippen LogP contribution < -0.4 is 16.0 Å². The van der Waals surface area contributed by atoms with Gasteiger partial charge in [0.05, 0.1) is 6.54 Å². The van der Waals surface area contributed by atoms with E-state index in [0.717, 1.165) is 22.3 Å². The molecule has 1 aliphatic carbocycles. The number of ether oxygens (including phenoxy) is 1. The number of carbonyl (C=O) groups excluding carboxylic acids is 3. The Kier molecular flexibility index (Phi) is 8.24. The van der Waals surface area contributed by atoms with Crippen molar-refractivity contribution in [1.82, 2.24) is 16.0 Å². The van der Waals surface area contributed by atoms with Crippen LogP contribution in [-0.2, 0) is 19.1 Å². The van der Waals surface area contributed by atoms with Crippen LogP contribution in [-0.4, -0.2) is 54.7 Å². The second kappa shape index (κ2) is 11.3.